The highest BCUT2D eigenvalue weighted by Crippen LogP contribution is 2.29. The van der Waals surface area contributed by atoms with Gasteiger partial charge in [-0.1, -0.05) is 6.92 Å². The van der Waals surface area contributed by atoms with Gasteiger partial charge in [0.25, 0.3) is 0 Å². The number of hydrogen-bond donors (Lipinski definition) is 2. The van der Waals surface area contributed by atoms with Gasteiger partial charge in [0.15, 0.2) is 0 Å². The van der Waals surface area contributed by atoms with E-state index in [1.54, 1.807) is 0 Å². The highest BCUT2D eigenvalue weighted by Gasteiger charge is 2.22. The summed E-state index contributed by atoms with van der Waals surface area (Å²) in [5, 5.41) is 0. The lowest BCUT2D eigenvalue weighted by Crippen LogP contribution is -2.35. The summed E-state index contributed by atoms with van der Waals surface area (Å²) < 4.78 is 0. The molecule has 0 aliphatic heterocycles. The van der Waals surface area contributed by atoms with Crippen LogP contribution in [0.4, 0.5) is 11.6 Å². The first kappa shape index (κ1) is 13.1. The Morgan fingerprint density at radius 1 is 1.28 bits per heavy atom. The molecule has 0 spiro atoms. The zero-order chi connectivity index (χ0) is 13.1. The molecule has 1 aromatic rings. The molecule has 2 rings (SSSR count). The summed E-state index contributed by atoms with van der Waals surface area (Å²) in [6.07, 6.45) is 5.10. The first-order valence-electron chi connectivity index (χ1n) is 6.65. The van der Waals surface area contributed by atoms with Crippen molar-refractivity contribution in [1.82, 2.24) is 9.97 Å². The molecule has 1 aromatic heterocycles. The van der Waals surface area contributed by atoms with Crippen molar-refractivity contribution in [3.63, 3.8) is 0 Å². The van der Waals surface area contributed by atoms with E-state index in [2.05, 4.69) is 34.3 Å². The Balaban J connectivity index is 2.12. The molecule has 0 atom stereocenters. The van der Waals surface area contributed by atoms with Crippen molar-refractivity contribution in [3.05, 3.63) is 11.9 Å². The second-order valence-electron chi connectivity index (χ2n) is 5.33. The smallest absolute Gasteiger partial charge is 0.145 e. The van der Waals surface area contributed by atoms with E-state index in [9.17, 15) is 0 Å². The molecule has 3 N–H and O–H groups in total. The van der Waals surface area contributed by atoms with Crippen LogP contribution in [0.25, 0.3) is 0 Å². The lowest BCUT2D eigenvalue weighted by molar-refractivity contribution is 0.340. The molecule has 1 fully saturated rings. The average Bonchev–Trinajstić information content (AvgIpc) is 2.38. The molecule has 1 aliphatic rings. The molecule has 1 heterocycles. The van der Waals surface area contributed by atoms with E-state index in [0.717, 1.165) is 17.6 Å². The largest absolute Gasteiger partial charge is 0.357 e. The number of nitrogen functional groups attached to an aromatic ring is 1. The molecule has 100 valence electrons. The van der Waals surface area contributed by atoms with Gasteiger partial charge in [0.05, 0.1) is 0 Å². The first-order valence-corrected chi connectivity index (χ1v) is 6.65. The number of hydrazine groups is 1. The van der Waals surface area contributed by atoms with Crippen molar-refractivity contribution in [2.45, 2.75) is 45.6 Å². The van der Waals surface area contributed by atoms with Crippen LogP contribution in [-0.4, -0.2) is 23.1 Å². The van der Waals surface area contributed by atoms with E-state index in [4.69, 9.17) is 5.84 Å². The Hall–Kier alpha value is -1.36. The summed E-state index contributed by atoms with van der Waals surface area (Å²) >= 11 is 0. The lowest BCUT2D eigenvalue weighted by Gasteiger charge is -2.34. The van der Waals surface area contributed by atoms with Gasteiger partial charge in [0.1, 0.15) is 17.5 Å². The molecule has 1 aliphatic carbocycles. The van der Waals surface area contributed by atoms with Crippen molar-refractivity contribution >= 4 is 11.6 Å². The van der Waals surface area contributed by atoms with E-state index >= 15 is 0 Å². The predicted octanol–water partition coefficient (Wildman–Crippen LogP) is 2.09. The monoisotopic (exact) mass is 249 g/mol. The van der Waals surface area contributed by atoms with E-state index < -0.39 is 0 Å². The Labute approximate surface area is 109 Å². The quantitative estimate of drug-likeness (QED) is 0.634. The minimum Gasteiger partial charge on any atom is -0.357 e. The standard InChI is InChI=1S/C13H23N5/c1-9-4-6-11(7-5-9)18(3)13-8-12(17-14)15-10(2)16-13/h8-9,11H,4-7,14H2,1-3H3,(H,15,16,17). The molecule has 0 amide bonds. The maximum atomic E-state index is 5.43. The third kappa shape index (κ3) is 2.90. The van der Waals surface area contributed by atoms with E-state index in [0.29, 0.717) is 11.9 Å². The molecule has 5 heteroatoms. The number of aryl methyl sites for hydroxylation is 1. The van der Waals surface area contributed by atoms with Crippen LogP contribution in [0.3, 0.4) is 0 Å². The van der Waals surface area contributed by atoms with Crippen molar-refractivity contribution in [2.24, 2.45) is 11.8 Å². The van der Waals surface area contributed by atoms with Gasteiger partial charge in [-0.2, -0.15) is 0 Å². The third-order valence-electron chi connectivity index (χ3n) is 3.87. The lowest BCUT2D eigenvalue weighted by atomic mass is 9.87. The van der Waals surface area contributed by atoms with Crippen molar-refractivity contribution < 1.29 is 0 Å². The summed E-state index contributed by atoms with van der Waals surface area (Å²) in [5.41, 5.74) is 2.60. The predicted molar refractivity (Wildman–Crippen MR) is 74.4 cm³/mol. The van der Waals surface area contributed by atoms with Crippen LogP contribution >= 0.6 is 0 Å². The van der Waals surface area contributed by atoms with Crippen LogP contribution in [0.1, 0.15) is 38.4 Å². The molecule has 5 nitrogen and oxygen atoms in total. The second-order valence-corrected chi connectivity index (χ2v) is 5.33. The van der Waals surface area contributed by atoms with Gasteiger partial charge >= 0.3 is 0 Å². The summed E-state index contributed by atoms with van der Waals surface area (Å²) in [7, 11) is 2.11. The molecule has 0 aromatic carbocycles. The van der Waals surface area contributed by atoms with Crippen LogP contribution in [0.2, 0.25) is 0 Å². The summed E-state index contributed by atoms with van der Waals surface area (Å²) in [5.74, 6) is 8.66. The van der Waals surface area contributed by atoms with Gasteiger partial charge in [-0.3, -0.25) is 0 Å². The molecule has 0 radical (unpaired) electrons. The highest BCUT2D eigenvalue weighted by atomic mass is 15.3. The SMILES string of the molecule is Cc1nc(NN)cc(N(C)C2CCC(C)CC2)n1. The highest BCUT2D eigenvalue weighted by molar-refractivity contribution is 5.49. The van der Waals surface area contributed by atoms with Gasteiger partial charge in [-0.25, -0.2) is 15.8 Å². The fourth-order valence-corrected chi connectivity index (χ4v) is 2.62. The summed E-state index contributed by atoms with van der Waals surface area (Å²) in [6, 6.07) is 2.49. The summed E-state index contributed by atoms with van der Waals surface area (Å²) in [6.45, 7) is 4.22. The van der Waals surface area contributed by atoms with E-state index in [1.165, 1.54) is 25.7 Å². The molecule has 18 heavy (non-hydrogen) atoms. The zero-order valence-electron chi connectivity index (χ0n) is 11.5. The Bertz CT molecular complexity index is 398. The van der Waals surface area contributed by atoms with Crippen LogP contribution in [0.5, 0.6) is 0 Å². The molecule has 1 saturated carbocycles. The fraction of sp³-hybridized carbons (Fsp3) is 0.692. The number of nitrogens with one attached hydrogen (secondary N) is 1. The number of hydrogen-bond acceptors (Lipinski definition) is 5. The van der Waals surface area contributed by atoms with E-state index in [1.807, 2.05) is 13.0 Å². The Kier molecular flexibility index (Phi) is 4.01. The maximum Gasteiger partial charge on any atom is 0.145 e. The molecular weight excluding hydrogens is 226 g/mol. The minimum atomic E-state index is 0.584. The Morgan fingerprint density at radius 3 is 2.56 bits per heavy atom. The van der Waals surface area contributed by atoms with Crippen LogP contribution in [-0.2, 0) is 0 Å². The maximum absolute atomic E-state index is 5.43. The van der Waals surface area contributed by atoms with Crippen molar-refractivity contribution in [1.29, 1.82) is 0 Å². The number of nitrogens with two attached hydrogens (primary N) is 1. The average molecular weight is 249 g/mol. The molecule has 0 unspecified atom stereocenters. The first-order chi connectivity index (χ1) is 8.60. The third-order valence-corrected chi connectivity index (χ3v) is 3.87. The van der Waals surface area contributed by atoms with Crippen molar-refractivity contribution in [2.75, 3.05) is 17.4 Å². The Morgan fingerprint density at radius 2 is 1.94 bits per heavy atom. The zero-order valence-corrected chi connectivity index (χ0v) is 11.5. The molecule has 0 saturated heterocycles. The minimum absolute atomic E-state index is 0.584. The normalized spacial score (nSPS) is 23.8. The topological polar surface area (TPSA) is 67.1 Å². The van der Waals surface area contributed by atoms with Gasteiger partial charge in [-0.05, 0) is 38.5 Å². The second kappa shape index (κ2) is 5.52. The van der Waals surface area contributed by atoms with Crippen LogP contribution in [0, 0.1) is 12.8 Å². The number of rotatable bonds is 3. The number of aromatic nitrogens is 2. The van der Waals surface area contributed by atoms with Gasteiger partial charge in [-0.15, -0.1) is 0 Å². The van der Waals surface area contributed by atoms with Gasteiger partial charge in [0, 0.05) is 19.2 Å². The number of anilines is 2. The molecular formula is C13H23N5. The van der Waals surface area contributed by atoms with Gasteiger partial charge < -0.3 is 10.3 Å². The fourth-order valence-electron chi connectivity index (χ4n) is 2.62. The van der Waals surface area contributed by atoms with Gasteiger partial charge in [0.2, 0.25) is 0 Å². The molecule has 0 bridgehead atoms. The summed E-state index contributed by atoms with van der Waals surface area (Å²) in [4.78, 5) is 11.0. The van der Waals surface area contributed by atoms with Crippen LogP contribution in [0.15, 0.2) is 6.07 Å². The number of nitrogens with zero attached hydrogens (tertiary/aromatic N) is 3. The van der Waals surface area contributed by atoms with Crippen LogP contribution < -0.4 is 16.2 Å². The van der Waals surface area contributed by atoms with E-state index in [-0.39, 0.29) is 0 Å². The van der Waals surface area contributed by atoms with Crippen molar-refractivity contribution in [3.8, 4) is 0 Å².